The van der Waals surface area contributed by atoms with Gasteiger partial charge in [0.05, 0.1) is 5.56 Å². The number of carboxylic acid groups (broad SMARTS) is 1. The number of hydrogen-bond acceptors (Lipinski definition) is 5. The van der Waals surface area contributed by atoms with Crippen LogP contribution in [0.25, 0.3) is 33.4 Å². The Bertz CT molecular complexity index is 1400. The number of carboxylic acids is 1. The van der Waals surface area contributed by atoms with Gasteiger partial charge in [0.25, 0.3) is 0 Å². The van der Waals surface area contributed by atoms with Gasteiger partial charge in [0.1, 0.15) is 22.9 Å². The molecule has 2 aliphatic rings. The first-order valence-corrected chi connectivity index (χ1v) is 10.1. The molecule has 0 fully saturated rings. The topological polar surface area (TPSA) is 105 Å². The fourth-order valence-corrected chi connectivity index (χ4v) is 3.80. The number of fused-ring (bicyclic) bond motifs is 2. The Morgan fingerprint density at radius 2 is 1.72 bits per heavy atom. The van der Waals surface area contributed by atoms with Gasteiger partial charge in [-0.2, -0.15) is 0 Å². The maximum absolute atomic E-state index is 12.7. The van der Waals surface area contributed by atoms with Gasteiger partial charge in [-0.15, -0.1) is 0 Å². The summed E-state index contributed by atoms with van der Waals surface area (Å²) in [6.07, 6.45) is -0.0163. The van der Waals surface area contributed by atoms with Crippen molar-refractivity contribution < 1.29 is 24.2 Å². The minimum absolute atomic E-state index is 0.0163. The number of ketones is 1. The summed E-state index contributed by atoms with van der Waals surface area (Å²) >= 11 is 0. The van der Waals surface area contributed by atoms with Gasteiger partial charge in [-0.05, 0) is 35.4 Å². The molecule has 4 rings (SSSR count). The maximum atomic E-state index is 12.7. The molecular formula is C26H22O6. The summed E-state index contributed by atoms with van der Waals surface area (Å²) in [5.74, 6) is -0.972. The van der Waals surface area contributed by atoms with E-state index in [1.165, 1.54) is 24.3 Å². The first kappa shape index (κ1) is 21.3. The highest BCUT2D eigenvalue weighted by molar-refractivity contribution is 6.08. The molecule has 162 valence electrons. The van der Waals surface area contributed by atoms with Gasteiger partial charge in [0.2, 0.25) is 0 Å². The third kappa shape index (κ3) is 3.75. The Hall–Kier alpha value is -3.93. The monoisotopic (exact) mass is 430 g/mol. The molecule has 6 heteroatoms. The van der Waals surface area contributed by atoms with E-state index in [9.17, 15) is 24.6 Å². The van der Waals surface area contributed by atoms with Crippen molar-refractivity contribution in [3.05, 3.63) is 75.9 Å². The minimum Gasteiger partial charge on any atom is -0.508 e. The minimum atomic E-state index is -1.15. The highest BCUT2D eigenvalue weighted by Crippen LogP contribution is 2.42. The Morgan fingerprint density at radius 1 is 0.969 bits per heavy atom. The van der Waals surface area contributed by atoms with Gasteiger partial charge >= 0.3 is 5.97 Å². The molecule has 0 bridgehead atoms. The highest BCUT2D eigenvalue weighted by atomic mass is 16.4. The zero-order chi connectivity index (χ0) is 23.2. The summed E-state index contributed by atoms with van der Waals surface area (Å²) in [6, 6.07) is 13.9. The van der Waals surface area contributed by atoms with Gasteiger partial charge in [-0.25, -0.2) is 4.79 Å². The number of Topliss-reactive ketones (excluding diaryl/α,β-unsaturated/α-hetero) is 1. The van der Waals surface area contributed by atoms with E-state index >= 15 is 0 Å². The second-order valence-electron chi connectivity index (χ2n) is 8.81. The second-order valence-corrected chi connectivity index (χ2v) is 8.81. The lowest BCUT2D eigenvalue weighted by Gasteiger charge is -2.20. The van der Waals surface area contributed by atoms with E-state index in [0.717, 1.165) is 0 Å². The molecule has 0 saturated heterocycles. The molecular weight excluding hydrogens is 408 g/mol. The first-order valence-electron chi connectivity index (χ1n) is 10.1. The third-order valence-electron chi connectivity index (χ3n) is 5.50. The van der Waals surface area contributed by atoms with Crippen LogP contribution in [0.5, 0.6) is 5.75 Å². The Kier molecular flexibility index (Phi) is 5.09. The largest absolute Gasteiger partial charge is 0.508 e. The van der Waals surface area contributed by atoms with E-state index in [1.807, 2.05) is 0 Å². The van der Waals surface area contributed by atoms with Crippen LogP contribution >= 0.6 is 0 Å². The lowest BCUT2D eigenvalue weighted by molar-refractivity contribution is -0.125. The van der Waals surface area contributed by atoms with Crippen molar-refractivity contribution >= 4 is 22.7 Å². The summed E-state index contributed by atoms with van der Waals surface area (Å²) in [5, 5.41) is 20.6. The van der Waals surface area contributed by atoms with E-state index in [2.05, 4.69) is 0 Å². The van der Waals surface area contributed by atoms with E-state index < -0.39 is 11.4 Å². The molecule has 1 aliphatic carbocycles. The number of phenols is 1. The van der Waals surface area contributed by atoms with Crippen molar-refractivity contribution in [2.24, 2.45) is 5.41 Å². The molecule has 2 aromatic carbocycles. The molecule has 0 spiro atoms. The lowest BCUT2D eigenvalue weighted by atomic mass is 9.83. The highest BCUT2D eigenvalue weighted by Gasteiger charge is 2.27. The average Bonchev–Trinajstić information content (AvgIpc) is 2.70. The Morgan fingerprint density at radius 3 is 2.41 bits per heavy atom. The van der Waals surface area contributed by atoms with Gasteiger partial charge < -0.3 is 14.6 Å². The van der Waals surface area contributed by atoms with E-state index in [4.69, 9.17) is 4.42 Å². The number of benzene rings is 3. The summed E-state index contributed by atoms with van der Waals surface area (Å²) in [5.41, 5.74) is 1.41. The third-order valence-corrected chi connectivity index (χ3v) is 5.50. The average molecular weight is 430 g/mol. The quantitative estimate of drug-likeness (QED) is 0.435. The normalized spacial score (nSPS) is 11.7. The molecule has 0 unspecified atom stereocenters. The standard InChI is InChI=1S/C26H22O6/c1-26(2,3)22(29)11-14-5-4-6-19(23(14)25(30)31)24-17-9-7-15(27)12-20(17)32-21-13-16(28)8-10-18(21)24/h4-10,12-13,27H,11H2,1-3H3,(H,30,31). The maximum Gasteiger partial charge on any atom is 0.336 e. The fourth-order valence-electron chi connectivity index (χ4n) is 3.80. The van der Waals surface area contributed by atoms with E-state index in [0.29, 0.717) is 33.2 Å². The lowest BCUT2D eigenvalue weighted by Crippen LogP contribution is -2.23. The van der Waals surface area contributed by atoms with Crippen LogP contribution in [0, 0.1) is 5.41 Å². The molecule has 32 heavy (non-hydrogen) atoms. The van der Waals surface area contributed by atoms with Crippen molar-refractivity contribution in [3.8, 4) is 28.2 Å². The van der Waals surface area contributed by atoms with E-state index in [-0.39, 0.29) is 34.7 Å². The van der Waals surface area contributed by atoms with Gasteiger partial charge in [0, 0.05) is 40.5 Å². The van der Waals surface area contributed by atoms with Crippen LogP contribution in [-0.2, 0) is 11.2 Å². The molecule has 1 aliphatic heterocycles. The number of hydrogen-bond donors (Lipinski definition) is 2. The molecule has 0 saturated carbocycles. The number of aromatic carboxylic acids is 1. The molecule has 0 aromatic heterocycles. The zero-order valence-corrected chi connectivity index (χ0v) is 17.9. The number of carbonyl (C=O) groups excluding carboxylic acids is 1. The number of carbonyl (C=O) groups is 2. The van der Waals surface area contributed by atoms with Crippen molar-refractivity contribution in [2.75, 3.05) is 0 Å². The summed E-state index contributed by atoms with van der Waals surface area (Å²) in [7, 11) is 0. The summed E-state index contributed by atoms with van der Waals surface area (Å²) < 4.78 is 5.85. The van der Waals surface area contributed by atoms with Crippen LogP contribution < -0.4 is 5.43 Å². The summed E-state index contributed by atoms with van der Waals surface area (Å²) in [4.78, 5) is 37.0. The second kappa shape index (κ2) is 7.64. The van der Waals surface area contributed by atoms with E-state index in [1.54, 1.807) is 51.1 Å². The molecule has 2 N–H and O–H groups in total. The van der Waals surface area contributed by atoms with Crippen LogP contribution in [0.3, 0.4) is 0 Å². The van der Waals surface area contributed by atoms with Crippen LogP contribution in [0.4, 0.5) is 0 Å². The first-order chi connectivity index (χ1) is 15.1. The number of aromatic hydroxyl groups is 1. The molecule has 2 aromatic rings. The SMILES string of the molecule is CC(C)(C)C(=O)Cc1cccc(-c2c3ccc(=O)cc-3oc3cc(O)ccc23)c1C(=O)O. The number of rotatable bonds is 4. The van der Waals surface area contributed by atoms with Gasteiger partial charge in [0.15, 0.2) is 5.43 Å². The van der Waals surface area contributed by atoms with Crippen molar-refractivity contribution in [1.82, 2.24) is 0 Å². The predicted molar refractivity (Wildman–Crippen MR) is 121 cm³/mol. The zero-order valence-electron chi connectivity index (χ0n) is 17.9. The summed E-state index contributed by atoms with van der Waals surface area (Å²) in [6.45, 7) is 5.39. The number of phenolic OH excluding ortho intramolecular Hbond substituents is 1. The Labute approximate surface area is 184 Å². The van der Waals surface area contributed by atoms with Gasteiger partial charge in [-0.3, -0.25) is 9.59 Å². The molecule has 0 atom stereocenters. The van der Waals surface area contributed by atoms with Crippen molar-refractivity contribution in [3.63, 3.8) is 0 Å². The fraction of sp³-hybridized carbons (Fsp3) is 0.192. The van der Waals surface area contributed by atoms with Crippen LogP contribution in [0.1, 0.15) is 36.7 Å². The molecule has 1 heterocycles. The van der Waals surface area contributed by atoms with Crippen LogP contribution in [0.15, 0.2) is 63.8 Å². The molecule has 0 radical (unpaired) electrons. The van der Waals surface area contributed by atoms with Crippen LogP contribution in [0.2, 0.25) is 0 Å². The Balaban J connectivity index is 2.08. The molecule has 6 nitrogen and oxygen atoms in total. The van der Waals surface area contributed by atoms with Crippen LogP contribution in [-0.4, -0.2) is 22.0 Å². The predicted octanol–water partition coefficient (Wildman–Crippen LogP) is 5.13. The van der Waals surface area contributed by atoms with Crippen molar-refractivity contribution in [1.29, 1.82) is 0 Å². The molecule has 0 amide bonds. The van der Waals surface area contributed by atoms with Crippen molar-refractivity contribution in [2.45, 2.75) is 27.2 Å². The van der Waals surface area contributed by atoms with Gasteiger partial charge in [-0.1, -0.05) is 39.0 Å². The smallest absolute Gasteiger partial charge is 0.336 e.